The van der Waals surface area contributed by atoms with Gasteiger partial charge in [-0.1, -0.05) is 80.6 Å². The molecule has 0 radical (unpaired) electrons. The van der Waals surface area contributed by atoms with Gasteiger partial charge in [0.05, 0.1) is 0 Å². The molecule has 0 bridgehead atoms. The van der Waals surface area contributed by atoms with Crippen LogP contribution in [0.5, 0.6) is 11.8 Å². The molecular formula is C51H44N2OPt. The zero-order chi connectivity index (χ0) is 36.3. The van der Waals surface area contributed by atoms with Crippen LogP contribution >= 0.6 is 0 Å². The van der Waals surface area contributed by atoms with E-state index < -0.39 is 0 Å². The molecule has 0 N–H and O–H groups in total. The molecule has 0 unspecified atom stereocenters. The van der Waals surface area contributed by atoms with Gasteiger partial charge in [-0.25, -0.2) is 0 Å². The van der Waals surface area contributed by atoms with E-state index in [1.165, 1.54) is 78.0 Å². The molecule has 2 heterocycles. The monoisotopic (exact) mass is 895 g/mol. The smallest absolute Gasteiger partial charge is 0.422 e. The van der Waals surface area contributed by atoms with Crippen LogP contribution in [0.4, 0.5) is 0 Å². The van der Waals surface area contributed by atoms with Gasteiger partial charge in [0.15, 0.2) is 0 Å². The number of fused-ring (bicyclic) bond motifs is 3. The van der Waals surface area contributed by atoms with E-state index in [0.717, 1.165) is 34.5 Å². The fourth-order valence-corrected chi connectivity index (χ4v) is 9.55. The number of ether oxygens (including phenoxy) is 1. The molecule has 3 nitrogen and oxygen atoms in total. The third-order valence-electron chi connectivity index (χ3n) is 12.5. The third-order valence-corrected chi connectivity index (χ3v) is 12.5. The molecule has 7 aromatic rings. The van der Waals surface area contributed by atoms with Gasteiger partial charge in [0.1, 0.15) is 0 Å². The molecule has 10 rings (SSSR count). The first-order valence-electron chi connectivity index (χ1n) is 19.6. The Kier molecular flexibility index (Phi) is 9.34. The van der Waals surface area contributed by atoms with Crippen molar-refractivity contribution in [1.29, 1.82) is 0 Å². The molecule has 3 aliphatic carbocycles. The molecule has 1 spiro atoms. The van der Waals surface area contributed by atoms with Crippen LogP contribution in [0.3, 0.4) is 0 Å². The predicted octanol–water partition coefficient (Wildman–Crippen LogP) is 12.6. The topological polar surface area (TPSA) is 35.0 Å². The maximum absolute atomic E-state index is 6.48. The second-order valence-corrected chi connectivity index (χ2v) is 17.0. The predicted molar refractivity (Wildman–Crippen MR) is 219 cm³/mol. The van der Waals surface area contributed by atoms with Crippen molar-refractivity contribution in [2.45, 2.75) is 71.1 Å². The van der Waals surface area contributed by atoms with Gasteiger partial charge < -0.3 is 4.74 Å². The van der Waals surface area contributed by atoms with Crippen LogP contribution in [0.2, 0.25) is 0 Å². The maximum atomic E-state index is 6.48. The first-order chi connectivity index (χ1) is 26.3. The van der Waals surface area contributed by atoms with Crippen LogP contribution in [-0.2, 0) is 46.7 Å². The zero-order valence-electron chi connectivity index (χ0n) is 31.5. The number of benzene rings is 5. The molecule has 0 atom stereocenters. The van der Waals surface area contributed by atoms with Crippen molar-refractivity contribution in [1.82, 2.24) is 9.97 Å². The summed E-state index contributed by atoms with van der Waals surface area (Å²) in [5, 5.41) is 2.62. The Morgan fingerprint density at radius 1 is 0.564 bits per heavy atom. The SMILES string of the molecule is CC1(C)CCC(c2cc(Oc3cccc(-c4[c-]ccc(-c5ccc6cc7c(cc6c5)CC5(Cc6ccccc6C5)C7)c4)n3)nc(-c3[c-]cccc3)c2)CC1.[Pt+2]. The molecule has 2 aromatic heterocycles. The van der Waals surface area contributed by atoms with Crippen molar-refractivity contribution in [2.24, 2.45) is 10.8 Å². The van der Waals surface area contributed by atoms with E-state index in [9.17, 15) is 0 Å². The fraction of sp³-hybridized carbons (Fsp3) is 0.255. The fourth-order valence-electron chi connectivity index (χ4n) is 9.55. The van der Waals surface area contributed by atoms with Crippen LogP contribution < -0.4 is 4.74 Å². The molecule has 0 amide bonds. The van der Waals surface area contributed by atoms with Gasteiger partial charge in [-0.15, -0.1) is 71.3 Å². The average molecular weight is 896 g/mol. The molecule has 3 aliphatic rings. The summed E-state index contributed by atoms with van der Waals surface area (Å²) in [5.74, 6) is 1.57. The second kappa shape index (κ2) is 14.3. The third kappa shape index (κ3) is 7.20. The van der Waals surface area contributed by atoms with Crippen molar-refractivity contribution in [2.75, 3.05) is 0 Å². The van der Waals surface area contributed by atoms with E-state index in [4.69, 9.17) is 14.7 Å². The summed E-state index contributed by atoms with van der Waals surface area (Å²) < 4.78 is 6.48. The summed E-state index contributed by atoms with van der Waals surface area (Å²) in [5.41, 5.74) is 14.1. The summed E-state index contributed by atoms with van der Waals surface area (Å²) in [6, 6.07) is 52.3. The van der Waals surface area contributed by atoms with Gasteiger partial charge in [-0.3, -0.25) is 9.97 Å². The van der Waals surface area contributed by atoms with Gasteiger partial charge in [0.2, 0.25) is 11.8 Å². The Morgan fingerprint density at radius 2 is 1.25 bits per heavy atom. The minimum atomic E-state index is 0. The van der Waals surface area contributed by atoms with Crippen molar-refractivity contribution < 1.29 is 25.8 Å². The number of hydrogen-bond acceptors (Lipinski definition) is 3. The molecular weight excluding hydrogens is 852 g/mol. The molecule has 0 saturated heterocycles. The normalized spacial score (nSPS) is 16.8. The van der Waals surface area contributed by atoms with E-state index in [1.807, 2.05) is 42.5 Å². The number of aromatic nitrogens is 2. The minimum absolute atomic E-state index is 0. The maximum Gasteiger partial charge on any atom is 2.00 e. The molecule has 4 heteroatoms. The Balaban J connectivity index is 0.00000397. The van der Waals surface area contributed by atoms with E-state index >= 15 is 0 Å². The minimum Gasteiger partial charge on any atom is -0.422 e. The Bertz CT molecular complexity index is 2500. The standard InChI is InChI=1S/C51H44N2O.Pt/c1-50(2)22-20-34(21-23-50)43-28-47(35-10-4-3-5-11-35)53-49(29-43)54-48-17-9-16-46(52-48)39-15-8-14-36(24-39)37-18-19-38-26-44-32-51(33-45(44)27-42(38)25-37)30-40-12-6-7-13-41(40)31-51;/h3-10,12-14,16-19,24-29,34H,20-23,30-33H2,1-2H3;/q-2;+2. The van der Waals surface area contributed by atoms with E-state index in [0.29, 0.717) is 28.5 Å². The molecule has 0 aliphatic heterocycles. The second-order valence-electron chi connectivity index (χ2n) is 17.0. The molecule has 274 valence electrons. The van der Waals surface area contributed by atoms with Gasteiger partial charge in [0.25, 0.3) is 0 Å². The Labute approximate surface area is 339 Å². The number of hydrogen-bond donors (Lipinski definition) is 0. The van der Waals surface area contributed by atoms with Crippen molar-refractivity contribution in [3.05, 3.63) is 167 Å². The van der Waals surface area contributed by atoms with Crippen LogP contribution in [0.1, 0.15) is 73.3 Å². The van der Waals surface area contributed by atoms with Gasteiger partial charge in [-0.2, -0.15) is 0 Å². The summed E-state index contributed by atoms with van der Waals surface area (Å²) in [6.07, 6.45) is 9.51. The first-order valence-corrected chi connectivity index (χ1v) is 19.6. The Hall–Kier alpha value is -4.85. The van der Waals surface area contributed by atoms with Crippen molar-refractivity contribution in [3.8, 4) is 45.4 Å². The van der Waals surface area contributed by atoms with E-state index in [2.05, 4.69) is 111 Å². The zero-order valence-corrected chi connectivity index (χ0v) is 33.7. The molecule has 1 fully saturated rings. The summed E-state index contributed by atoms with van der Waals surface area (Å²) in [7, 11) is 0. The van der Waals surface area contributed by atoms with E-state index in [-0.39, 0.29) is 21.1 Å². The number of rotatable bonds is 6. The summed E-state index contributed by atoms with van der Waals surface area (Å²) >= 11 is 0. The summed E-state index contributed by atoms with van der Waals surface area (Å²) in [4.78, 5) is 9.93. The van der Waals surface area contributed by atoms with Gasteiger partial charge in [-0.05, 0) is 136 Å². The Morgan fingerprint density at radius 3 is 2.02 bits per heavy atom. The van der Waals surface area contributed by atoms with Crippen molar-refractivity contribution >= 4 is 10.8 Å². The van der Waals surface area contributed by atoms with Crippen LogP contribution in [0.15, 0.2) is 127 Å². The van der Waals surface area contributed by atoms with Gasteiger partial charge in [0, 0.05) is 6.07 Å². The molecule has 55 heavy (non-hydrogen) atoms. The molecule has 1 saturated carbocycles. The molecule has 5 aromatic carbocycles. The van der Waals surface area contributed by atoms with Gasteiger partial charge >= 0.3 is 21.1 Å². The van der Waals surface area contributed by atoms with Crippen LogP contribution in [0, 0.1) is 23.0 Å². The van der Waals surface area contributed by atoms with Crippen molar-refractivity contribution in [3.63, 3.8) is 0 Å². The number of nitrogens with zero attached hydrogens (tertiary/aromatic N) is 2. The van der Waals surface area contributed by atoms with E-state index in [1.54, 1.807) is 11.1 Å². The van der Waals surface area contributed by atoms with Crippen LogP contribution in [0.25, 0.3) is 44.4 Å². The first kappa shape index (κ1) is 35.8. The average Bonchev–Trinajstić information content (AvgIpc) is 3.74. The quantitative estimate of drug-likeness (QED) is 0.156. The van der Waals surface area contributed by atoms with Crippen LogP contribution in [-0.4, -0.2) is 9.97 Å². The number of pyridine rings is 2. The largest absolute Gasteiger partial charge is 2.00 e. The summed E-state index contributed by atoms with van der Waals surface area (Å²) in [6.45, 7) is 4.77.